The molecular formula is C26H32ClN3O3S. The maximum absolute atomic E-state index is 12.3. The molecule has 1 aliphatic heterocycles. The van der Waals surface area contributed by atoms with Crippen LogP contribution in [0.4, 0.5) is 5.69 Å². The lowest BCUT2D eigenvalue weighted by molar-refractivity contribution is 0.0502. The number of hydrogen-bond acceptors (Lipinski definition) is 5. The van der Waals surface area contributed by atoms with E-state index >= 15 is 0 Å². The predicted molar refractivity (Wildman–Crippen MR) is 136 cm³/mol. The molecule has 1 N–H and O–H groups in total. The minimum Gasteiger partial charge on any atom is -0.384 e. The van der Waals surface area contributed by atoms with Crippen LogP contribution in [0.5, 0.6) is 0 Å². The molecule has 1 heterocycles. The smallest absolute Gasteiger partial charge is 0.234 e. The Morgan fingerprint density at radius 1 is 1.26 bits per heavy atom. The molecule has 2 aromatic rings. The number of nitriles is 1. The van der Waals surface area contributed by atoms with Crippen LogP contribution in [0, 0.1) is 11.3 Å². The van der Waals surface area contributed by atoms with E-state index in [0.717, 1.165) is 50.8 Å². The van der Waals surface area contributed by atoms with Gasteiger partial charge in [0, 0.05) is 30.4 Å². The number of nitrogens with zero attached hydrogens (tertiary/aromatic N) is 2. The molecule has 34 heavy (non-hydrogen) atoms. The summed E-state index contributed by atoms with van der Waals surface area (Å²) in [5, 5.41) is 10.5. The highest BCUT2D eigenvalue weighted by molar-refractivity contribution is 7.92. The number of anilines is 1. The number of nitrogens with one attached hydrogen (secondary N) is 1. The van der Waals surface area contributed by atoms with Gasteiger partial charge in [-0.1, -0.05) is 42.3 Å². The van der Waals surface area contributed by atoms with Crippen molar-refractivity contribution in [3.63, 3.8) is 0 Å². The molecule has 0 aromatic heterocycles. The number of sulfonamides is 1. The molecule has 2 bridgehead atoms. The van der Waals surface area contributed by atoms with Gasteiger partial charge in [-0.15, -0.1) is 0 Å². The molecule has 8 heteroatoms. The lowest BCUT2D eigenvalue weighted by Crippen LogP contribution is -2.52. The maximum Gasteiger partial charge on any atom is 0.234 e. The minimum atomic E-state index is -3.44. The zero-order chi connectivity index (χ0) is 24.2. The standard InChI is InChI=1S/C26H32ClN3O3S/c1-33-14-15-34(31,32)29-24-5-2-4-22(16-24)26-11-3-6-25(17-26)30(13-12-26)19-21(18-28)20-7-9-23(27)10-8-20/h2,4-5,7-10,16,21,25,29H,3,6,11-15,17,19H2,1H3. The summed E-state index contributed by atoms with van der Waals surface area (Å²) in [7, 11) is -1.95. The van der Waals surface area contributed by atoms with Crippen molar-refractivity contribution in [3.8, 4) is 6.07 Å². The molecule has 4 rings (SSSR count). The second kappa shape index (κ2) is 10.7. The molecule has 2 aliphatic rings. The normalized spacial score (nSPS) is 23.7. The van der Waals surface area contributed by atoms with Crippen LogP contribution in [0.1, 0.15) is 49.1 Å². The van der Waals surface area contributed by atoms with Crippen molar-refractivity contribution >= 4 is 27.3 Å². The predicted octanol–water partition coefficient (Wildman–Crippen LogP) is 4.92. The number of halogens is 1. The van der Waals surface area contributed by atoms with Gasteiger partial charge in [0.05, 0.1) is 24.3 Å². The number of fused-ring (bicyclic) bond motifs is 2. The van der Waals surface area contributed by atoms with Gasteiger partial charge in [-0.05, 0) is 73.0 Å². The SMILES string of the molecule is COCCS(=O)(=O)Nc1cccc(C23CCCC(C2)N(CC(C#N)c2ccc(Cl)cc2)CC3)c1. The summed E-state index contributed by atoms with van der Waals surface area (Å²) >= 11 is 6.03. The number of piperidine rings is 1. The average Bonchev–Trinajstić information content (AvgIpc) is 2.83. The van der Waals surface area contributed by atoms with Crippen molar-refractivity contribution in [1.29, 1.82) is 5.26 Å². The molecular weight excluding hydrogens is 470 g/mol. The zero-order valence-corrected chi connectivity index (χ0v) is 21.1. The molecule has 2 fully saturated rings. The van der Waals surface area contributed by atoms with Crippen molar-refractivity contribution in [3.05, 3.63) is 64.7 Å². The lowest BCUT2D eigenvalue weighted by atomic mass is 9.63. The van der Waals surface area contributed by atoms with Gasteiger partial charge in [-0.3, -0.25) is 9.62 Å². The van der Waals surface area contributed by atoms with Crippen LogP contribution >= 0.6 is 11.6 Å². The Hall–Kier alpha value is -2.11. The molecule has 182 valence electrons. The van der Waals surface area contributed by atoms with Crippen LogP contribution in [0.3, 0.4) is 0 Å². The fraction of sp³-hybridized carbons (Fsp3) is 0.500. The Morgan fingerprint density at radius 3 is 2.79 bits per heavy atom. The first-order valence-electron chi connectivity index (χ1n) is 11.8. The first-order chi connectivity index (χ1) is 16.3. The van der Waals surface area contributed by atoms with E-state index < -0.39 is 10.0 Å². The van der Waals surface area contributed by atoms with Gasteiger partial charge in [0.15, 0.2) is 0 Å². The molecule has 1 aliphatic carbocycles. The van der Waals surface area contributed by atoms with Gasteiger partial charge in [-0.25, -0.2) is 8.42 Å². The van der Waals surface area contributed by atoms with Gasteiger partial charge < -0.3 is 4.74 Å². The number of hydrogen-bond donors (Lipinski definition) is 1. The summed E-state index contributed by atoms with van der Waals surface area (Å²) in [6.07, 6.45) is 5.40. The van der Waals surface area contributed by atoms with Crippen LogP contribution in [0.25, 0.3) is 0 Å². The van der Waals surface area contributed by atoms with Gasteiger partial charge in [0.2, 0.25) is 10.0 Å². The lowest BCUT2D eigenvalue weighted by Gasteiger charge is -2.51. The van der Waals surface area contributed by atoms with Gasteiger partial charge in [0.1, 0.15) is 0 Å². The van der Waals surface area contributed by atoms with E-state index in [2.05, 4.69) is 21.8 Å². The fourth-order valence-electron chi connectivity index (χ4n) is 5.54. The molecule has 0 radical (unpaired) electrons. The fourth-order valence-corrected chi connectivity index (χ4v) is 6.64. The van der Waals surface area contributed by atoms with E-state index in [1.807, 2.05) is 42.5 Å². The number of likely N-dealkylation sites (tertiary alicyclic amines) is 1. The van der Waals surface area contributed by atoms with Crippen LogP contribution in [0.15, 0.2) is 48.5 Å². The Kier molecular flexibility index (Phi) is 7.83. The monoisotopic (exact) mass is 501 g/mol. The number of benzene rings is 2. The largest absolute Gasteiger partial charge is 0.384 e. The minimum absolute atomic E-state index is 0.0514. The summed E-state index contributed by atoms with van der Waals surface area (Å²) in [4.78, 5) is 2.48. The second-order valence-electron chi connectivity index (χ2n) is 9.50. The quantitative estimate of drug-likeness (QED) is 0.527. The van der Waals surface area contributed by atoms with Crippen LogP contribution in [-0.2, 0) is 20.2 Å². The molecule has 6 nitrogen and oxygen atoms in total. The van der Waals surface area contributed by atoms with Crippen molar-refractivity contribution in [2.75, 3.05) is 37.3 Å². The number of methoxy groups -OCH3 is 1. The summed E-state index contributed by atoms with van der Waals surface area (Å²) in [6.45, 7) is 1.81. The van der Waals surface area contributed by atoms with Crippen molar-refractivity contribution in [1.82, 2.24) is 4.90 Å². The highest BCUT2D eigenvalue weighted by atomic mass is 35.5. The van der Waals surface area contributed by atoms with Crippen molar-refractivity contribution < 1.29 is 13.2 Å². The van der Waals surface area contributed by atoms with Gasteiger partial charge in [-0.2, -0.15) is 5.26 Å². The Balaban J connectivity index is 1.48. The molecule has 3 atom stereocenters. The van der Waals surface area contributed by atoms with Crippen molar-refractivity contribution in [2.45, 2.75) is 49.5 Å². The summed E-state index contributed by atoms with van der Waals surface area (Å²) in [6, 6.07) is 18.4. The van der Waals surface area contributed by atoms with Gasteiger partial charge in [0.25, 0.3) is 0 Å². The average molecular weight is 502 g/mol. The topological polar surface area (TPSA) is 82.4 Å². The molecule has 2 aromatic carbocycles. The first kappa shape index (κ1) is 25.0. The Morgan fingerprint density at radius 2 is 2.06 bits per heavy atom. The summed E-state index contributed by atoms with van der Waals surface area (Å²) < 4.78 is 32.3. The van der Waals surface area contributed by atoms with E-state index in [-0.39, 0.29) is 23.7 Å². The molecule has 1 saturated heterocycles. The number of rotatable bonds is 9. The molecule has 1 saturated carbocycles. The second-order valence-corrected chi connectivity index (χ2v) is 11.8. The summed E-state index contributed by atoms with van der Waals surface area (Å²) in [5.74, 6) is -0.250. The molecule has 3 unspecified atom stereocenters. The third-order valence-electron chi connectivity index (χ3n) is 7.36. The van der Waals surface area contributed by atoms with Crippen LogP contribution in [-0.4, -0.2) is 51.9 Å². The van der Waals surface area contributed by atoms with E-state index in [4.69, 9.17) is 16.3 Å². The van der Waals surface area contributed by atoms with E-state index in [1.165, 1.54) is 12.7 Å². The van der Waals surface area contributed by atoms with E-state index in [1.54, 1.807) is 0 Å². The number of ether oxygens (including phenoxy) is 1. The zero-order valence-electron chi connectivity index (χ0n) is 19.5. The van der Waals surface area contributed by atoms with E-state index in [9.17, 15) is 13.7 Å². The Bertz CT molecular complexity index is 1130. The van der Waals surface area contributed by atoms with Crippen LogP contribution < -0.4 is 4.72 Å². The third kappa shape index (κ3) is 5.75. The van der Waals surface area contributed by atoms with Gasteiger partial charge >= 0.3 is 0 Å². The third-order valence-corrected chi connectivity index (χ3v) is 8.87. The highest BCUT2D eigenvalue weighted by Gasteiger charge is 2.44. The highest BCUT2D eigenvalue weighted by Crippen LogP contribution is 2.47. The summed E-state index contributed by atoms with van der Waals surface area (Å²) in [5.41, 5.74) is 2.88. The molecule has 0 spiro atoms. The van der Waals surface area contributed by atoms with Crippen LogP contribution in [0.2, 0.25) is 5.02 Å². The Labute approximate surface area is 207 Å². The first-order valence-corrected chi connectivity index (χ1v) is 13.9. The maximum atomic E-state index is 12.3. The van der Waals surface area contributed by atoms with E-state index in [0.29, 0.717) is 16.8 Å². The van der Waals surface area contributed by atoms with Crippen molar-refractivity contribution in [2.24, 2.45) is 0 Å². The molecule has 0 amide bonds.